The van der Waals surface area contributed by atoms with Crippen molar-refractivity contribution in [3.8, 4) is 0 Å². The zero-order valence-electron chi connectivity index (χ0n) is 8.49. The molecule has 2 rings (SSSR count). The lowest BCUT2D eigenvalue weighted by Crippen LogP contribution is -2.21. The summed E-state index contributed by atoms with van der Waals surface area (Å²) in [6.07, 6.45) is 3.71. The lowest BCUT2D eigenvalue weighted by molar-refractivity contribution is 0.116. The number of halogens is 1. The van der Waals surface area contributed by atoms with Crippen molar-refractivity contribution in [3.05, 3.63) is 34.5 Å². The van der Waals surface area contributed by atoms with Crippen molar-refractivity contribution in [2.45, 2.75) is 19.4 Å². The standard InChI is InChI=1S/C11H14FNO2/c12-10-3-4-11(14)13(7-10)5-6-15-8-9-1-2-9/h3-4,7,9H,1-2,5-6,8H2. The van der Waals surface area contributed by atoms with Gasteiger partial charge in [0, 0.05) is 25.4 Å². The molecule has 1 aromatic heterocycles. The molecule has 0 unspecified atom stereocenters. The fraction of sp³-hybridized carbons (Fsp3) is 0.545. The minimum Gasteiger partial charge on any atom is -0.379 e. The minimum atomic E-state index is -0.392. The van der Waals surface area contributed by atoms with Crippen LogP contribution in [0.25, 0.3) is 0 Å². The molecule has 0 atom stereocenters. The highest BCUT2D eigenvalue weighted by Crippen LogP contribution is 2.28. The molecule has 0 amide bonds. The van der Waals surface area contributed by atoms with Crippen LogP contribution in [-0.2, 0) is 11.3 Å². The number of hydrogen-bond donors (Lipinski definition) is 0. The van der Waals surface area contributed by atoms with Gasteiger partial charge in [-0.1, -0.05) is 0 Å². The average molecular weight is 211 g/mol. The predicted octanol–water partition coefficient (Wildman–Crippen LogP) is 1.41. The Bertz CT molecular complexity index is 384. The van der Waals surface area contributed by atoms with Crippen molar-refractivity contribution < 1.29 is 9.13 Å². The van der Waals surface area contributed by atoms with Gasteiger partial charge in [0.2, 0.25) is 0 Å². The Balaban J connectivity index is 1.81. The minimum absolute atomic E-state index is 0.188. The molecule has 0 aromatic carbocycles. The summed E-state index contributed by atoms with van der Waals surface area (Å²) in [5.41, 5.74) is -0.188. The third-order valence-electron chi connectivity index (χ3n) is 2.47. The Labute approximate surface area is 87.5 Å². The molecule has 4 heteroatoms. The first-order chi connectivity index (χ1) is 7.25. The van der Waals surface area contributed by atoms with Crippen LogP contribution in [0.1, 0.15) is 12.8 Å². The molecule has 1 aliphatic carbocycles. The van der Waals surface area contributed by atoms with E-state index in [9.17, 15) is 9.18 Å². The van der Waals surface area contributed by atoms with Crippen molar-refractivity contribution >= 4 is 0 Å². The topological polar surface area (TPSA) is 31.2 Å². The van der Waals surface area contributed by atoms with E-state index in [4.69, 9.17) is 4.74 Å². The largest absolute Gasteiger partial charge is 0.379 e. The van der Waals surface area contributed by atoms with Gasteiger partial charge < -0.3 is 9.30 Å². The highest BCUT2D eigenvalue weighted by atomic mass is 19.1. The number of ether oxygens (including phenoxy) is 1. The molecule has 0 aliphatic heterocycles. The molecule has 1 heterocycles. The molecule has 0 radical (unpaired) electrons. The molecule has 3 nitrogen and oxygen atoms in total. The van der Waals surface area contributed by atoms with Crippen LogP contribution >= 0.6 is 0 Å². The third-order valence-corrected chi connectivity index (χ3v) is 2.47. The zero-order valence-corrected chi connectivity index (χ0v) is 8.49. The molecule has 1 fully saturated rings. The highest BCUT2D eigenvalue weighted by Gasteiger charge is 2.20. The van der Waals surface area contributed by atoms with E-state index in [-0.39, 0.29) is 5.56 Å². The molecule has 0 saturated heterocycles. The summed E-state index contributed by atoms with van der Waals surface area (Å²) in [5, 5.41) is 0. The van der Waals surface area contributed by atoms with Crippen LogP contribution in [0.5, 0.6) is 0 Å². The van der Waals surface area contributed by atoms with E-state index in [0.717, 1.165) is 6.61 Å². The van der Waals surface area contributed by atoms with Gasteiger partial charge in [-0.05, 0) is 24.8 Å². The van der Waals surface area contributed by atoms with E-state index < -0.39 is 5.82 Å². The highest BCUT2D eigenvalue weighted by molar-refractivity contribution is 4.96. The van der Waals surface area contributed by atoms with Crippen LogP contribution in [0.2, 0.25) is 0 Å². The molecule has 82 valence electrons. The molecule has 0 N–H and O–H groups in total. The van der Waals surface area contributed by atoms with Gasteiger partial charge >= 0.3 is 0 Å². The normalized spacial score (nSPS) is 15.5. The second-order valence-corrected chi connectivity index (χ2v) is 3.90. The van der Waals surface area contributed by atoms with Crippen molar-refractivity contribution in [2.24, 2.45) is 5.92 Å². The molecule has 1 saturated carbocycles. The van der Waals surface area contributed by atoms with E-state index in [0.29, 0.717) is 19.1 Å². The van der Waals surface area contributed by atoms with Gasteiger partial charge in [-0.15, -0.1) is 0 Å². The summed E-state index contributed by atoms with van der Waals surface area (Å²) in [5.74, 6) is 0.325. The van der Waals surface area contributed by atoms with Crippen molar-refractivity contribution in [1.29, 1.82) is 0 Å². The van der Waals surface area contributed by atoms with Crippen LogP contribution < -0.4 is 5.56 Å². The maximum atomic E-state index is 12.8. The van der Waals surface area contributed by atoms with Crippen LogP contribution in [-0.4, -0.2) is 17.8 Å². The smallest absolute Gasteiger partial charge is 0.250 e. The summed E-state index contributed by atoms with van der Waals surface area (Å²) in [4.78, 5) is 11.3. The number of hydrogen-bond acceptors (Lipinski definition) is 2. The lowest BCUT2D eigenvalue weighted by Gasteiger charge is -2.05. The van der Waals surface area contributed by atoms with Crippen molar-refractivity contribution in [3.63, 3.8) is 0 Å². The number of aromatic nitrogens is 1. The summed E-state index contributed by atoms with van der Waals surface area (Å²) in [6.45, 7) is 1.66. The second-order valence-electron chi connectivity index (χ2n) is 3.90. The second kappa shape index (κ2) is 4.57. The van der Waals surface area contributed by atoms with Crippen LogP contribution in [0, 0.1) is 11.7 Å². The van der Waals surface area contributed by atoms with Gasteiger partial charge in [-0.25, -0.2) is 4.39 Å². The zero-order chi connectivity index (χ0) is 10.7. The van der Waals surface area contributed by atoms with Crippen LogP contribution in [0.15, 0.2) is 23.1 Å². The maximum Gasteiger partial charge on any atom is 0.250 e. The van der Waals surface area contributed by atoms with E-state index in [1.807, 2.05) is 0 Å². The number of pyridine rings is 1. The first-order valence-electron chi connectivity index (χ1n) is 5.19. The SMILES string of the molecule is O=c1ccc(F)cn1CCOCC1CC1. The maximum absolute atomic E-state index is 12.8. The quantitative estimate of drug-likeness (QED) is 0.690. The van der Waals surface area contributed by atoms with Crippen molar-refractivity contribution in [2.75, 3.05) is 13.2 Å². The van der Waals surface area contributed by atoms with Gasteiger partial charge in [0.25, 0.3) is 5.56 Å². The first-order valence-corrected chi connectivity index (χ1v) is 5.19. The molecule has 0 bridgehead atoms. The van der Waals surface area contributed by atoms with E-state index in [1.54, 1.807) is 0 Å². The number of rotatable bonds is 5. The van der Waals surface area contributed by atoms with Crippen LogP contribution in [0.4, 0.5) is 4.39 Å². The van der Waals surface area contributed by atoms with Gasteiger partial charge in [0.1, 0.15) is 5.82 Å². The summed E-state index contributed by atoms with van der Waals surface area (Å²) in [7, 11) is 0. The fourth-order valence-electron chi connectivity index (χ4n) is 1.37. The van der Waals surface area contributed by atoms with Gasteiger partial charge in [-0.3, -0.25) is 4.79 Å². The fourth-order valence-corrected chi connectivity index (χ4v) is 1.37. The first kappa shape index (κ1) is 10.4. The molecule has 1 aliphatic rings. The van der Waals surface area contributed by atoms with E-state index in [1.165, 1.54) is 35.7 Å². The molecule has 1 aromatic rings. The van der Waals surface area contributed by atoms with Crippen LogP contribution in [0.3, 0.4) is 0 Å². The Morgan fingerprint density at radius 3 is 3.00 bits per heavy atom. The van der Waals surface area contributed by atoms with Crippen molar-refractivity contribution in [1.82, 2.24) is 4.57 Å². The Hall–Kier alpha value is -1.16. The molecule has 15 heavy (non-hydrogen) atoms. The molecular formula is C11H14FNO2. The Kier molecular flexibility index (Phi) is 3.16. The Morgan fingerprint density at radius 1 is 1.47 bits per heavy atom. The van der Waals surface area contributed by atoms with Gasteiger partial charge in [0.15, 0.2) is 0 Å². The monoisotopic (exact) mass is 211 g/mol. The Morgan fingerprint density at radius 2 is 2.27 bits per heavy atom. The number of nitrogens with zero attached hydrogens (tertiary/aromatic N) is 1. The summed E-state index contributed by atoms with van der Waals surface area (Å²) < 4.78 is 19.5. The van der Waals surface area contributed by atoms with E-state index >= 15 is 0 Å². The molecular weight excluding hydrogens is 197 g/mol. The van der Waals surface area contributed by atoms with Gasteiger partial charge in [-0.2, -0.15) is 0 Å². The predicted molar refractivity (Wildman–Crippen MR) is 54.2 cm³/mol. The lowest BCUT2D eigenvalue weighted by atomic mass is 10.4. The van der Waals surface area contributed by atoms with E-state index in [2.05, 4.69) is 0 Å². The third kappa shape index (κ3) is 3.16. The average Bonchev–Trinajstić information content (AvgIpc) is 3.01. The summed E-state index contributed by atoms with van der Waals surface area (Å²) in [6, 6.07) is 2.40. The van der Waals surface area contributed by atoms with Gasteiger partial charge in [0.05, 0.1) is 6.61 Å². The molecule has 0 spiro atoms. The summed E-state index contributed by atoms with van der Waals surface area (Å²) >= 11 is 0.